The molecule has 0 unspecified atom stereocenters. The van der Waals surface area contributed by atoms with Gasteiger partial charge in [-0.3, -0.25) is 9.59 Å². The quantitative estimate of drug-likeness (QED) is 0.714. The summed E-state index contributed by atoms with van der Waals surface area (Å²) in [7, 11) is 1.28. The molecule has 0 saturated heterocycles. The summed E-state index contributed by atoms with van der Waals surface area (Å²) in [6.07, 6.45) is 3.65. The minimum Gasteiger partial charge on any atom is -0.468 e. The molecule has 1 aliphatic carbocycles. The Kier molecular flexibility index (Phi) is 5.88. The van der Waals surface area contributed by atoms with Gasteiger partial charge in [-0.15, -0.1) is 5.10 Å². The maximum absolute atomic E-state index is 12.1. The number of nitrogens with zero attached hydrogens (tertiary/aromatic N) is 3. The second-order valence-electron chi connectivity index (χ2n) is 5.85. The molecular formula is C15H22N4O5. The van der Waals surface area contributed by atoms with E-state index in [-0.39, 0.29) is 18.4 Å². The Bertz CT molecular complexity index is 611. The molecule has 1 aliphatic rings. The molecule has 1 amide bonds. The zero-order chi connectivity index (χ0) is 17.7. The molecule has 24 heavy (non-hydrogen) atoms. The summed E-state index contributed by atoms with van der Waals surface area (Å²) >= 11 is 0. The maximum atomic E-state index is 12.1. The fraction of sp³-hybridized carbons (Fsp3) is 0.667. The largest absolute Gasteiger partial charge is 0.468 e. The van der Waals surface area contributed by atoms with E-state index in [1.807, 2.05) is 0 Å². The van der Waals surface area contributed by atoms with Crippen LogP contribution in [-0.2, 0) is 30.4 Å². The fourth-order valence-corrected chi connectivity index (χ4v) is 2.17. The van der Waals surface area contributed by atoms with Gasteiger partial charge >= 0.3 is 11.9 Å². The predicted molar refractivity (Wildman–Crippen MR) is 81.5 cm³/mol. The molecule has 1 saturated carbocycles. The first-order valence-corrected chi connectivity index (χ1v) is 7.88. The smallest absolute Gasteiger partial charge is 0.329 e. The van der Waals surface area contributed by atoms with Crippen LogP contribution >= 0.6 is 0 Å². The molecule has 0 spiro atoms. The van der Waals surface area contributed by atoms with Crippen molar-refractivity contribution in [1.29, 1.82) is 0 Å². The highest BCUT2D eigenvalue weighted by molar-refractivity contribution is 5.85. The lowest BCUT2D eigenvalue weighted by Gasteiger charge is -2.25. The molecule has 9 heteroatoms. The minimum atomic E-state index is -0.731. The average Bonchev–Trinajstić information content (AvgIpc) is 2.93. The first kappa shape index (κ1) is 17.9. The third-order valence-corrected chi connectivity index (χ3v) is 3.97. The van der Waals surface area contributed by atoms with Crippen LogP contribution in [0.15, 0.2) is 6.20 Å². The number of ether oxygens (including phenoxy) is 2. The number of methoxy groups -OCH3 is 1. The highest BCUT2D eigenvalue weighted by Gasteiger charge is 2.28. The Morgan fingerprint density at radius 1 is 1.38 bits per heavy atom. The Morgan fingerprint density at radius 2 is 2.08 bits per heavy atom. The van der Waals surface area contributed by atoms with Gasteiger partial charge in [-0.05, 0) is 26.7 Å². The highest BCUT2D eigenvalue weighted by atomic mass is 16.5. The number of carbonyl (C=O) groups excluding carboxylic acids is 3. The van der Waals surface area contributed by atoms with Crippen LogP contribution in [0.1, 0.15) is 44.9 Å². The van der Waals surface area contributed by atoms with Gasteiger partial charge in [0.1, 0.15) is 24.4 Å². The van der Waals surface area contributed by atoms with Gasteiger partial charge in [0.15, 0.2) is 0 Å². The van der Waals surface area contributed by atoms with E-state index in [1.165, 1.54) is 18.0 Å². The van der Waals surface area contributed by atoms with E-state index >= 15 is 0 Å². The maximum Gasteiger partial charge on any atom is 0.329 e. The molecule has 1 aromatic heterocycles. The summed E-state index contributed by atoms with van der Waals surface area (Å²) in [5.41, 5.74) is 0.407. The Balaban J connectivity index is 1.84. The van der Waals surface area contributed by atoms with E-state index < -0.39 is 24.1 Å². The first-order chi connectivity index (χ1) is 11.4. The summed E-state index contributed by atoms with van der Waals surface area (Å²) in [6, 6.07) is -0.731. The monoisotopic (exact) mass is 338 g/mol. The lowest BCUT2D eigenvalue weighted by Crippen LogP contribution is -2.44. The second kappa shape index (κ2) is 7.89. The van der Waals surface area contributed by atoms with Crippen LogP contribution < -0.4 is 5.32 Å². The molecule has 1 N–H and O–H groups in total. The lowest BCUT2D eigenvalue weighted by molar-refractivity contribution is -0.152. The van der Waals surface area contributed by atoms with Crippen LogP contribution in [0.25, 0.3) is 0 Å². The van der Waals surface area contributed by atoms with Gasteiger partial charge in [0.25, 0.3) is 0 Å². The van der Waals surface area contributed by atoms with E-state index in [0.29, 0.717) is 5.69 Å². The van der Waals surface area contributed by atoms with Crippen molar-refractivity contribution in [3.8, 4) is 0 Å². The second-order valence-corrected chi connectivity index (χ2v) is 5.85. The van der Waals surface area contributed by atoms with Crippen molar-refractivity contribution in [1.82, 2.24) is 20.3 Å². The summed E-state index contributed by atoms with van der Waals surface area (Å²) in [5, 5.41) is 10.3. The molecule has 0 aliphatic heterocycles. The molecule has 0 aromatic carbocycles. The van der Waals surface area contributed by atoms with Gasteiger partial charge in [0, 0.05) is 5.92 Å². The van der Waals surface area contributed by atoms with Crippen LogP contribution in [-0.4, -0.2) is 46.0 Å². The lowest BCUT2D eigenvalue weighted by atomic mass is 9.84. The van der Waals surface area contributed by atoms with Crippen molar-refractivity contribution in [2.75, 3.05) is 7.11 Å². The first-order valence-electron chi connectivity index (χ1n) is 7.88. The topological polar surface area (TPSA) is 112 Å². The van der Waals surface area contributed by atoms with E-state index in [9.17, 15) is 14.4 Å². The molecule has 2 atom stereocenters. The Hall–Kier alpha value is -2.45. The summed E-state index contributed by atoms with van der Waals surface area (Å²) in [4.78, 5) is 35.1. The summed E-state index contributed by atoms with van der Waals surface area (Å²) in [5.74, 6) is -1.10. The molecule has 1 heterocycles. The van der Waals surface area contributed by atoms with Crippen LogP contribution in [0.3, 0.4) is 0 Å². The molecule has 9 nitrogen and oxygen atoms in total. The van der Waals surface area contributed by atoms with Gasteiger partial charge in [-0.1, -0.05) is 11.6 Å². The van der Waals surface area contributed by atoms with Gasteiger partial charge in [-0.25, -0.2) is 9.48 Å². The van der Waals surface area contributed by atoms with Crippen LogP contribution in [0.5, 0.6) is 0 Å². The standard InChI is InChI=1S/C15H22N4O5/c1-9(16-14(21)11-5-4-6-11)15(22)24-10(2)12-7-19(18-17-12)8-13(20)23-3/h7,9-11H,4-6,8H2,1-3H3,(H,16,21)/t9-,10-/m0/s1. The number of esters is 2. The Morgan fingerprint density at radius 3 is 2.67 bits per heavy atom. The number of hydrogen-bond donors (Lipinski definition) is 1. The third kappa shape index (κ3) is 4.53. The number of rotatable bonds is 7. The fourth-order valence-electron chi connectivity index (χ4n) is 2.17. The van der Waals surface area contributed by atoms with Gasteiger partial charge in [0.05, 0.1) is 13.3 Å². The van der Waals surface area contributed by atoms with Gasteiger partial charge in [0.2, 0.25) is 5.91 Å². The van der Waals surface area contributed by atoms with Crippen molar-refractivity contribution in [2.24, 2.45) is 5.92 Å². The number of carbonyl (C=O) groups is 3. The normalized spacial score (nSPS) is 16.6. The van der Waals surface area contributed by atoms with E-state index in [2.05, 4.69) is 20.4 Å². The van der Waals surface area contributed by atoms with Crippen LogP contribution in [0.2, 0.25) is 0 Å². The van der Waals surface area contributed by atoms with Crippen molar-refractivity contribution in [3.05, 3.63) is 11.9 Å². The van der Waals surface area contributed by atoms with Crippen LogP contribution in [0.4, 0.5) is 0 Å². The highest BCUT2D eigenvalue weighted by Crippen LogP contribution is 2.26. The average molecular weight is 338 g/mol. The molecule has 1 aromatic rings. The van der Waals surface area contributed by atoms with Crippen molar-refractivity contribution in [2.45, 2.75) is 51.8 Å². The zero-order valence-electron chi connectivity index (χ0n) is 14.0. The van der Waals surface area contributed by atoms with Crippen molar-refractivity contribution >= 4 is 17.8 Å². The zero-order valence-corrected chi connectivity index (χ0v) is 14.0. The van der Waals surface area contributed by atoms with E-state index in [1.54, 1.807) is 13.8 Å². The third-order valence-electron chi connectivity index (χ3n) is 3.97. The molecule has 2 rings (SSSR count). The minimum absolute atomic E-state index is 0.0101. The number of amides is 1. The number of nitrogens with one attached hydrogen (secondary N) is 1. The molecule has 132 valence electrons. The number of aromatic nitrogens is 3. The van der Waals surface area contributed by atoms with Gasteiger partial charge in [-0.2, -0.15) is 0 Å². The number of hydrogen-bond acceptors (Lipinski definition) is 7. The van der Waals surface area contributed by atoms with Crippen molar-refractivity contribution in [3.63, 3.8) is 0 Å². The summed E-state index contributed by atoms with van der Waals surface area (Å²) < 4.78 is 11.1. The van der Waals surface area contributed by atoms with Crippen molar-refractivity contribution < 1.29 is 23.9 Å². The van der Waals surface area contributed by atoms with Gasteiger partial charge < -0.3 is 14.8 Å². The Labute approximate surface area is 139 Å². The molecule has 1 fully saturated rings. The predicted octanol–water partition coefficient (Wildman–Crippen LogP) is 0.360. The molecule has 0 bridgehead atoms. The van der Waals surface area contributed by atoms with Crippen LogP contribution in [0, 0.1) is 5.92 Å². The van der Waals surface area contributed by atoms with E-state index in [0.717, 1.165) is 19.3 Å². The summed E-state index contributed by atoms with van der Waals surface area (Å²) in [6.45, 7) is 3.16. The molecule has 0 radical (unpaired) electrons. The van der Waals surface area contributed by atoms with E-state index in [4.69, 9.17) is 4.74 Å². The SMILES string of the molecule is COC(=O)Cn1cc([C@H](C)OC(=O)[C@H](C)NC(=O)C2CCC2)nn1. The molecular weight excluding hydrogens is 316 g/mol.